The minimum atomic E-state index is -0.467. The molecule has 0 bridgehead atoms. The zero-order valence-corrected chi connectivity index (χ0v) is 16.3. The number of pyridine rings is 1. The molecule has 2 heterocycles. The maximum absolute atomic E-state index is 10.2. The van der Waals surface area contributed by atoms with E-state index in [0.29, 0.717) is 30.4 Å². The van der Waals surface area contributed by atoms with Gasteiger partial charge in [-0.3, -0.25) is 4.99 Å². The van der Waals surface area contributed by atoms with Crippen LogP contribution in [0.4, 0.5) is 0 Å². The van der Waals surface area contributed by atoms with Gasteiger partial charge in [0.1, 0.15) is 0 Å². The number of benzene rings is 1. The van der Waals surface area contributed by atoms with Gasteiger partial charge in [-0.15, -0.1) is 0 Å². The van der Waals surface area contributed by atoms with E-state index in [1.54, 1.807) is 20.4 Å². The van der Waals surface area contributed by atoms with E-state index in [9.17, 15) is 5.11 Å². The van der Waals surface area contributed by atoms with Crippen LogP contribution in [0.15, 0.2) is 47.6 Å². The van der Waals surface area contributed by atoms with Crippen molar-refractivity contribution in [2.75, 3.05) is 20.8 Å². The first-order chi connectivity index (χ1) is 13.6. The Morgan fingerprint density at radius 2 is 1.96 bits per heavy atom. The topological polar surface area (TPSA) is 73.2 Å². The number of aromatic nitrogens is 1. The highest BCUT2D eigenvalue weighted by Crippen LogP contribution is 2.43. The van der Waals surface area contributed by atoms with Crippen LogP contribution in [-0.4, -0.2) is 48.8 Å². The van der Waals surface area contributed by atoms with E-state index in [1.807, 2.05) is 43.3 Å². The molecular weight excluding hydrogens is 356 g/mol. The maximum atomic E-state index is 10.2. The van der Waals surface area contributed by atoms with Crippen molar-refractivity contribution in [1.29, 1.82) is 0 Å². The number of rotatable bonds is 5. The van der Waals surface area contributed by atoms with E-state index in [1.165, 1.54) is 0 Å². The number of aliphatic imine (C=N–C) groups is 1. The van der Waals surface area contributed by atoms with Gasteiger partial charge in [0.2, 0.25) is 5.88 Å². The highest BCUT2D eigenvalue weighted by molar-refractivity contribution is 6.15. The number of methoxy groups -OCH3 is 2. The molecule has 0 fully saturated rings. The van der Waals surface area contributed by atoms with Crippen LogP contribution < -0.4 is 14.2 Å². The normalized spacial score (nSPS) is 22.7. The van der Waals surface area contributed by atoms with E-state index in [-0.39, 0.29) is 12.0 Å². The Labute approximate surface area is 164 Å². The molecule has 1 N–H and O–H groups in total. The largest absolute Gasteiger partial charge is 0.493 e. The second-order valence-corrected chi connectivity index (χ2v) is 6.88. The predicted octanol–water partition coefficient (Wildman–Crippen LogP) is 3.12. The Hall–Kier alpha value is -2.86. The summed E-state index contributed by atoms with van der Waals surface area (Å²) < 4.78 is 16.5. The molecule has 1 aliphatic carbocycles. The van der Waals surface area contributed by atoms with Crippen LogP contribution in [-0.2, 0) is 0 Å². The molecule has 2 aliphatic rings. The summed E-state index contributed by atoms with van der Waals surface area (Å²) in [5.74, 6) is 2.03. The van der Waals surface area contributed by atoms with Crippen LogP contribution in [0, 0.1) is 0 Å². The van der Waals surface area contributed by atoms with E-state index >= 15 is 0 Å². The van der Waals surface area contributed by atoms with Crippen LogP contribution >= 0.6 is 0 Å². The Balaban J connectivity index is 1.88. The van der Waals surface area contributed by atoms with Crippen LogP contribution in [0.3, 0.4) is 0 Å². The summed E-state index contributed by atoms with van der Waals surface area (Å²) in [6.45, 7) is 2.50. The Bertz CT molecular complexity index is 921. The summed E-state index contributed by atoms with van der Waals surface area (Å²) in [4.78, 5) is 9.33. The maximum Gasteiger partial charge on any atom is 0.212 e. The monoisotopic (exact) mass is 380 g/mol. The number of aliphatic hydroxyl groups excluding tert-OH is 1. The molecule has 1 aromatic heterocycles. The van der Waals surface area contributed by atoms with Gasteiger partial charge in [-0.05, 0) is 37.1 Å². The molecule has 6 heteroatoms. The number of hydrogen-bond acceptors (Lipinski definition) is 6. The molecular formula is C22H24N2O4. The number of nitrogens with zero attached hydrogens (tertiary/aromatic N) is 2. The fourth-order valence-electron chi connectivity index (χ4n) is 3.90. The van der Waals surface area contributed by atoms with Crippen molar-refractivity contribution >= 4 is 5.71 Å². The van der Waals surface area contributed by atoms with Gasteiger partial charge in [-0.1, -0.05) is 12.2 Å². The fourth-order valence-corrected chi connectivity index (χ4v) is 3.90. The molecule has 6 nitrogen and oxygen atoms in total. The fraction of sp³-hybridized carbons (Fsp3) is 0.364. The third kappa shape index (κ3) is 3.24. The average molecular weight is 380 g/mol. The molecule has 3 atom stereocenters. The van der Waals surface area contributed by atoms with Crippen LogP contribution in [0.5, 0.6) is 17.4 Å². The standard InChI is InChI=1S/C22H24N2O4/c1-4-28-20-10-15-16-9-14(25)6-7-18(16)24-22(17(15)11-19(20)26-2)13-5-8-21(27-3)23-12-13/h5-8,10-12,14,16,18,25H,4,9H2,1-3H3/t14-,16+,18+/m0/s1. The molecule has 28 heavy (non-hydrogen) atoms. The molecule has 0 amide bonds. The summed E-state index contributed by atoms with van der Waals surface area (Å²) in [6.07, 6.45) is 5.75. The van der Waals surface area contributed by atoms with E-state index in [4.69, 9.17) is 19.2 Å². The lowest BCUT2D eigenvalue weighted by Crippen LogP contribution is -2.31. The number of aliphatic hydroxyl groups is 1. The molecule has 4 rings (SSSR count). The number of fused-ring (bicyclic) bond motifs is 3. The first-order valence-corrected chi connectivity index (χ1v) is 9.44. The second-order valence-electron chi connectivity index (χ2n) is 6.88. The first-order valence-electron chi connectivity index (χ1n) is 9.44. The van der Waals surface area contributed by atoms with Crippen molar-refractivity contribution in [2.45, 2.75) is 31.4 Å². The molecule has 146 valence electrons. The molecule has 0 unspecified atom stereocenters. The highest BCUT2D eigenvalue weighted by atomic mass is 16.5. The van der Waals surface area contributed by atoms with Crippen molar-refractivity contribution in [3.8, 4) is 17.4 Å². The number of hydrogen-bond donors (Lipinski definition) is 1. The van der Waals surface area contributed by atoms with E-state index in [0.717, 1.165) is 22.4 Å². The summed E-state index contributed by atoms with van der Waals surface area (Å²) in [6, 6.07) is 7.77. The molecule has 2 aromatic rings. The highest BCUT2D eigenvalue weighted by Gasteiger charge is 2.35. The minimum Gasteiger partial charge on any atom is -0.493 e. The molecule has 1 aromatic carbocycles. The van der Waals surface area contributed by atoms with E-state index < -0.39 is 6.10 Å². The SMILES string of the molecule is CCOc1cc2c(cc1OC)C(c1ccc(OC)nc1)=N[C@@H]1C=C[C@H](O)C[C@H]21. The Kier molecular flexibility index (Phi) is 5.05. The van der Waals surface area contributed by atoms with Crippen molar-refractivity contribution in [2.24, 2.45) is 4.99 Å². The lowest BCUT2D eigenvalue weighted by Gasteiger charge is -2.34. The van der Waals surface area contributed by atoms with E-state index in [2.05, 4.69) is 4.98 Å². The average Bonchev–Trinajstić information content (AvgIpc) is 2.73. The summed E-state index contributed by atoms with van der Waals surface area (Å²) in [5, 5.41) is 10.2. The van der Waals surface area contributed by atoms with Gasteiger partial charge in [-0.25, -0.2) is 4.98 Å². The van der Waals surface area contributed by atoms with Gasteiger partial charge in [0.15, 0.2) is 11.5 Å². The van der Waals surface area contributed by atoms with Crippen LogP contribution in [0.2, 0.25) is 0 Å². The quantitative estimate of drug-likeness (QED) is 0.807. The summed E-state index contributed by atoms with van der Waals surface area (Å²) in [5.41, 5.74) is 3.86. The van der Waals surface area contributed by atoms with Crippen LogP contribution in [0.1, 0.15) is 36.0 Å². The molecule has 0 saturated heterocycles. The van der Waals surface area contributed by atoms with Crippen molar-refractivity contribution in [3.63, 3.8) is 0 Å². The van der Waals surface area contributed by atoms with Gasteiger partial charge in [0, 0.05) is 29.3 Å². The smallest absolute Gasteiger partial charge is 0.212 e. The van der Waals surface area contributed by atoms with Gasteiger partial charge in [0.25, 0.3) is 0 Å². The van der Waals surface area contributed by atoms with Crippen molar-refractivity contribution in [3.05, 3.63) is 59.3 Å². The van der Waals surface area contributed by atoms with Gasteiger partial charge in [-0.2, -0.15) is 0 Å². The van der Waals surface area contributed by atoms with Gasteiger partial charge >= 0.3 is 0 Å². The lowest BCUT2D eigenvalue weighted by atomic mass is 9.77. The molecule has 0 saturated carbocycles. The van der Waals surface area contributed by atoms with Gasteiger partial charge in [0.05, 0.1) is 38.7 Å². The minimum absolute atomic E-state index is 0.0316. The van der Waals surface area contributed by atoms with Crippen molar-refractivity contribution in [1.82, 2.24) is 4.98 Å². The number of ether oxygens (including phenoxy) is 3. The third-order valence-corrected chi connectivity index (χ3v) is 5.23. The molecule has 1 aliphatic heterocycles. The molecule has 0 spiro atoms. The predicted molar refractivity (Wildman–Crippen MR) is 107 cm³/mol. The van der Waals surface area contributed by atoms with Crippen LogP contribution in [0.25, 0.3) is 0 Å². The zero-order valence-electron chi connectivity index (χ0n) is 16.3. The summed E-state index contributed by atoms with van der Waals surface area (Å²) >= 11 is 0. The second kappa shape index (κ2) is 7.64. The first kappa shape index (κ1) is 18.5. The third-order valence-electron chi connectivity index (χ3n) is 5.23. The Morgan fingerprint density at radius 3 is 2.64 bits per heavy atom. The lowest BCUT2D eigenvalue weighted by molar-refractivity contribution is 0.190. The zero-order chi connectivity index (χ0) is 19.7. The van der Waals surface area contributed by atoms with Gasteiger partial charge < -0.3 is 19.3 Å². The molecule has 0 radical (unpaired) electrons. The Morgan fingerprint density at radius 1 is 1.11 bits per heavy atom. The summed E-state index contributed by atoms with van der Waals surface area (Å²) in [7, 11) is 3.23. The van der Waals surface area contributed by atoms with Crippen molar-refractivity contribution < 1.29 is 19.3 Å².